The lowest BCUT2D eigenvalue weighted by molar-refractivity contribution is -0.110. The summed E-state index contributed by atoms with van der Waals surface area (Å²) >= 11 is 5.30. The number of carbonyl (C=O) groups excluding carboxylic acids is 1. The molecular weight excluding hydrogens is 234 g/mol. The first kappa shape index (κ1) is 14.0. The van der Waals surface area contributed by atoms with E-state index in [1.165, 1.54) is 0 Å². The van der Waals surface area contributed by atoms with Crippen LogP contribution < -0.4 is 0 Å². The fourth-order valence-corrected chi connectivity index (χ4v) is 1.80. The first-order valence-electron chi connectivity index (χ1n) is 3.82. The molecule has 0 radical (unpaired) electrons. The van der Waals surface area contributed by atoms with Crippen LogP contribution in [0.15, 0.2) is 0 Å². The van der Waals surface area contributed by atoms with Crippen molar-refractivity contribution in [2.45, 2.75) is 0 Å². The van der Waals surface area contributed by atoms with Crippen molar-refractivity contribution < 1.29 is 28.0 Å². The van der Waals surface area contributed by atoms with Gasteiger partial charge >= 0.3 is 7.82 Å². The number of carbonyl (C=O) groups is 1. The van der Waals surface area contributed by atoms with Crippen molar-refractivity contribution in [3.63, 3.8) is 0 Å². The van der Waals surface area contributed by atoms with E-state index in [1.54, 1.807) is 0 Å². The summed E-state index contributed by atoms with van der Waals surface area (Å²) in [7, 11) is -3.74. The topological polar surface area (TPSA) is 82.1 Å². The van der Waals surface area contributed by atoms with Gasteiger partial charge in [-0.25, -0.2) is 4.57 Å². The van der Waals surface area contributed by atoms with Crippen molar-refractivity contribution >= 4 is 25.7 Å². The summed E-state index contributed by atoms with van der Waals surface area (Å²) in [4.78, 5) is 9.97. The van der Waals surface area contributed by atoms with Gasteiger partial charge in [0.1, 0.15) is 12.9 Å². The van der Waals surface area contributed by atoms with E-state index in [1.807, 2.05) is 0 Å². The molecule has 0 spiro atoms. The molecule has 0 bridgehead atoms. The van der Waals surface area contributed by atoms with Gasteiger partial charge in [0.2, 0.25) is 0 Å². The molecule has 0 aromatic rings. The van der Waals surface area contributed by atoms with Crippen molar-refractivity contribution in [3.8, 4) is 0 Å². The van der Waals surface area contributed by atoms with Crippen molar-refractivity contribution in [2.24, 2.45) is 0 Å². The molecule has 0 saturated heterocycles. The van der Waals surface area contributed by atoms with Gasteiger partial charge in [0.15, 0.2) is 0 Å². The second kappa shape index (κ2) is 8.35. The van der Waals surface area contributed by atoms with Crippen LogP contribution in [0.3, 0.4) is 0 Å². The fraction of sp³-hybridized carbons (Fsp3) is 0.833. The van der Waals surface area contributed by atoms with Crippen LogP contribution in [-0.4, -0.2) is 43.7 Å². The maximum absolute atomic E-state index is 11.5. The number of aldehydes is 1. The molecule has 1 unspecified atom stereocenters. The summed E-state index contributed by atoms with van der Waals surface area (Å²) < 4.78 is 25.4. The van der Waals surface area contributed by atoms with E-state index in [9.17, 15) is 9.36 Å². The molecule has 0 heterocycles. The van der Waals surface area contributed by atoms with Crippen LogP contribution in [0.25, 0.3) is 0 Å². The highest BCUT2D eigenvalue weighted by Crippen LogP contribution is 2.48. The molecule has 0 aliphatic rings. The van der Waals surface area contributed by atoms with Crippen molar-refractivity contribution in [1.82, 2.24) is 0 Å². The van der Waals surface area contributed by atoms with Crippen LogP contribution in [0.5, 0.6) is 0 Å². The zero-order valence-electron chi connectivity index (χ0n) is 7.43. The molecule has 0 aliphatic carbocycles. The smallest absolute Gasteiger partial charge is 0.394 e. The Bertz CT molecular complexity index is 187. The van der Waals surface area contributed by atoms with Gasteiger partial charge in [-0.1, -0.05) is 0 Å². The lowest BCUT2D eigenvalue weighted by Crippen LogP contribution is -2.06. The van der Waals surface area contributed by atoms with Crippen LogP contribution in [-0.2, 0) is 22.9 Å². The monoisotopic (exact) mass is 246 g/mol. The average Bonchev–Trinajstić information content (AvgIpc) is 2.21. The summed E-state index contributed by atoms with van der Waals surface area (Å²) in [6.07, 6.45) is 0.416. The van der Waals surface area contributed by atoms with Crippen molar-refractivity contribution in [2.75, 3.05) is 32.3 Å². The van der Waals surface area contributed by atoms with E-state index < -0.39 is 14.4 Å². The normalized spacial score (nSPS) is 15.0. The minimum absolute atomic E-state index is 0.0247. The van der Waals surface area contributed by atoms with Crippen LogP contribution in [0.4, 0.5) is 0 Å². The molecule has 0 saturated carbocycles. The molecule has 0 fully saturated rings. The molecule has 84 valence electrons. The van der Waals surface area contributed by atoms with Gasteiger partial charge in [-0.2, -0.15) is 0 Å². The molecule has 8 heteroatoms. The van der Waals surface area contributed by atoms with Crippen LogP contribution in [0.2, 0.25) is 0 Å². The Kier molecular flexibility index (Phi) is 8.37. The molecule has 1 N–H and O–H groups in total. The molecule has 0 amide bonds. The third-order valence-electron chi connectivity index (χ3n) is 0.968. The first-order valence-corrected chi connectivity index (χ1v) is 5.82. The minimum atomic E-state index is -3.74. The third kappa shape index (κ3) is 6.48. The highest BCUT2D eigenvalue weighted by atomic mass is 35.5. The molecule has 0 rings (SSSR count). The molecular formula is C6H12ClO6P. The number of aliphatic hydroxyl groups excluding tert-OH is 1. The van der Waals surface area contributed by atoms with E-state index in [4.69, 9.17) is 21.2 Å². The number of alkyl halides is 1. The van der Waals surface area contributed by atoms with Crippen LogP contribution in [0.1, 0.15) is 0 Å². The molecule has 0 aromatic heterocycles. The number of hydrogen-bond acceptors (Lipinski definition) is 6. The molecule has 14 heavy (non-hydrogen) atoms. The highest BCUT2D eigenvalue weighted by molar-refractivity contribution is 7.48. The van der Waals surface area contributed by atoms with E-state index in [0.29, 0.717) is 6.29 Å². The van der Waals surface area contributed by atoms with Crippen molar-refractivity contribution in [3.05, 3.63) is 0 Å². The van der Waals surface area contributed by atoms with Crippen molar-refractivity contribution in [1.29, 1.82) is 0 Å². The number of phosphoric acid groups is 1. The lowest BCUT2D eigenvalue weighted by Gasteiger charge is -2.15. The van der Waals surface area contributed by atoms with E-state index >= 15 is 0 Å². The van der Waals surface area contributed by atoms with E-state index in [0.717, 1.165) is 0 Å². The average molecular weight is 247 g/mol. The second-order valence-corrected chi connectivity index (χ2v) is 4.04. The summed E-state index contributed by atoms with van der Waals surface area (Å²) in [6, 6.07) is 0. The summed E-state index contributed by atoms with van der Waals surface area (Å²) in [5.74, 6) is 0.122. The number of halogens is 1. The quantitative estimate of drug-likeness (QED) is 0.364. The zero-order valence-corrected chi connectivity index (χ0v) is 9.08. The number of aliphatic hydroxyl groups is 1. The Balaban J connectivity index is 4.03. The zero-order chi connectivity index (χ0) is 10.9. The SMILES string of the molecule is O=CCOP(=O)(OCCO)OCCCl. The van der Waals surface area contributed by atoms with Gasteiger partial charge in [0.25, 0.3) is 0 Å². The molecule has 0 aromatic carbocycles. The largest absolute Gasteiger partial charge is 0.475 e. The standard InChI is InChI=1S/C6H12ClO6P/c7-1-4-11-14(10,12-5-2-8)13-6-3-9/h2,9H,1,3-6H2. The maximum Gasteiger partial charge on any atom is 0.475 e. The number of phosphoric ester groups is 1. The summed E-state index contributed by atoms with van der Waals surface area (Å²) in [5, 5.41) is 8.43. The fourth-order valence-electron chi connectivity index (χ4n) is 0.532. The summed E-state index contributed by atoms with van der Waals surface area (Å²) in [6.45, 7) is -0.939. The Hall–Kier alpha value is 0.0300. The Labute approximate surface area is 86.7 Å². The maximum atomic E-state index is 11.5. The predicted octanol–water partition coefficient (Wildman–Crippen LogP) is 0.574. The van der Waals surface area contributed by atoms with Crippen LogP contribution >= 0.6 is 19.4 Å². The number of rotatable bonds is 9. The van der Waals surface area contributed by atoms with Gasteiger partial charge in [-0.15, -0.1) is 11.6 Å². The van der Waals surface area contributed by atoms with Gasteiger partial charge in [-0.3, -0.25) is 13.6 Å². The Morgan fingerprint density at radius 1 is 1.29 bits per heavy atom. The van der Waals surface area contributed by atoms with E-state index in [-0.39, 0.29) is 25.7 Å². The third-order valence-corrected chi connectivity index (χ3v) is 2.59. The molecule has 1 atom stereocenters. The van der Waals surface area contributed by atoms with E-state index in [2.05, 4.69) is 9.05 Å². The van der Waals surface area contributed by atoms with Gasteiger partial charge in [0.05, 0.1) is 19.8 Å². The van der Waals surface area contributed by atoms with Gasteiger partial charge in [0, 0.05) is 5.88 Å². The summed E-state index contributed by atoms with van der Waals surface area (Å²) in [5.41, 5.74) is 0. The van der Waals surface area contributed by atoms with Gasteiger partial charge in [-0.05, 0) is 0 Å². The second-order valence-electron chi connectivity index (χ2n) is 1.99. The number of hydrogen-bond donors (Lipinski definition) is 1. The highest BCUT2D eigenvalue weighted by Gasteiger charge is 2.25. The first-order chi connectivity index (χ1) is 6.68. The Morgan fingerprint density at radius 2 is 1.93 bits per heavy atom. The minimum Gasteiger partial charge on any atom is -0.394 e. The Morgan fingerprint density at radius 3 is 2.43 bits per heavy atom. The van der Waals surface area contributed by atoms with Gasteiger partial charge < -0.3 is 9.90 Å². The molecule has 0 aliphatic heterocycles. The van der Waals surface area contributed by atoms with Crippen LogP contribution in [0, 0.1) is 0 Å². The lowest BCUT2D eigenvalue weighted by atomic mass is 10.8. The predicted molar refractivity (Wildman–Crippen MR) is 49.3 cm³/mol. The molecule has 6 nitrogen and oxygen atoms in total.